The molecule has 3 rings (SSSR count). The van der Waals surface area contributed by atoms with E-state index in [0.717, 1.165) is 31.2 Å². The zero-order chi connectivity index (χ0) is 13.2. The van der Waals surface area contributed by atoms with Gasteiger partial charge < -0.3 is 4.74 Å². The monoisotopic (exact) mass is 258 g/mol. The molecule has 1 aliphatic heterocycles. The summed E-state index contributed by atoms with van der Waals surface area (Å²) in [5, 5.41) is 0. The lowest BCUT2D eigenvalue weighted by atomic mass is 9.73. The summed E-state index contributed by atoms with van der Waals surface area (Å²) in [7, 11) is 0. The molecule has 3 nitrogen and oxygen atoms in total. The lowest BCUT2D eigenvalue weighted by Gasteiger charge is -2.27. The lowest BCUT2D eigenvalue weighted by molar-refractivity contribution is -0.153. The third-order valence-electron chi connectivity index (χ3n) is 4.40. The molecule has 2 aliphatic rings. The number of esters is 2. The fraction of sp³-hybridized carbons (Fsp3) is 0.500. The number of carbonyl (C=O) groups excluding carboxylic acids is 2. The summed E-state index contributed by atoms with van der Waals surface area (Å²) in [5.74, 6) is -1.04. The van der Waals surface area contributed by atoms with Crippen LogP contribution in [0.3, 0.4) is 0 Å². The summed E-state index contributed by atoms with van der Waals surface area (Å²) in [6, 6.07) is 9.56. The number of hydrogen-bond acceptors (Lipinski definition) is 3. The number of cyclic esters (lactones) is 2. The van der Waals surface area contributed by atoms with E-state index in [4.69, 9.17) is 4.74 Å². The fourth-order valence-corrected chi connectivity index (χ4v) is 3.48. The number of carbonyl (C=O) groups is 2. The van der Waals surface area contributed by atoms with Gasteiger partial charge in [0.15, 0.2) is 0 Å². The van der Waals surface area contributed by atoms with Crippen molar-refractivity contribution in [2.45, 2.75) is 38.0 Å². The highest BCUT2D eigenvalue weighted by atomic mass is 16.6. The highest BCUT2D eigenvalue weighted by Gasteiger charge is 2.48. The molecule has 0 N–H and O–H groups in total. The average molecular weight is 258 g/mol. The van der Waals surface area contributed by atoms with E-state index in [0.29, 0.717) is 5.92 Å². The van der Waals surface area contributed by atoms with E-state index in [1.807, 2.05) is 30.3 Å². The molecule has 2 fully saturated rings. The van der Waals surface area contributed by atoms with Crippen molar-refractivity contribution in [1.82, 2.24) is 0 Å². The molecule has 0 radical (unpaired) electrons. The predicted molar refractivity (Wildman–Crippen MR) is 70.3 cm³/mol. The van der Waals surface area contributed by atoms with Crippen molar-refractivity contribution in [1.29, 1.82) is 0 Å². The van der Waals surface area contributed by atoms with Gasteiger partial charge in [0, 0.05) is 0 Å². The minimum atomic E-state index is -0.392. The van der Waals surface area contributed by atoms with Gasteiger partial charge in [-0.1, -0.05) is 49.6 Å². The van der Waals surface area contributed by atoms with Gasteiger partial charge in [-0.05, 0) is 24.3 Å². The second-order valence-corrected chi connectivity index (χ2v) is 5.55. The minimum absolute atomic E-state index is 0.268. The van der Waals surface area contributed by atoms with E-state index in [-0.39, 0.29) is 17.9 Å². The summed E-state index contributed by atoms with van der Waals surface area (Å²) in [5.41, 5.74) is 0.911. The van der Waals surface area contributed by atoms with Crippen molar-refractivity contribution in [3.63, 3.8) is 0 Å². The van der Waals surface area contributed by atoms with Crippen molar-refractivity contribution >= 4 is 11.9 Å². The van der Waals surface area contributed by atoms with E-state index in [9.17, 15) is 9.59 Å². The van der Waals surface area contributed by atoms with Gasteiger partial charge in [0.2, 0.25) is 0 Å². The largest absolute Gasteiger partial charge is 0.392 e. The highest BCUT2D eigenvalue weighted by Crippen LogP contribution is 2.43. The van der Waals surface area contributed by atoms with E-state index in [2.05, 4.69) is 0 Å². The van der Waals surface area contributed by atoms with Gasteiger partial charge in [-0.25, -0.2) is 0 Å². The summed E-state index contributed by atoms with van der Waals surface area (Å²) in [6.07, 6.45) is 5.63. The van der Waals surface area contributed by atoms with Crippen LogP contribution in [-0.4, -0.2) is 11.9 Å². The van der Waals surface area contributed by atoms with Crippen LogP contribution in [0.4, 0.5) is 0 Å². The van der Waals surface area contributed by atoms with Gasteiger partial charge in [-0.3, -0.25) is 9.59 Å². The Morgan fingerprint density at radius 1 is 0.895 bits per heavy atom. The first-order chi connectivity index (χ1) is 9.27. The quantitative estimate of drug-likeness (QED) is 0.605. The molecule has 1 aromatic carbocycles. The Hall–Kier alpha value is -1.64. The molecule has 0 amide bonds. The summed E-state index contributed by atoms with van der Waals surface area (Å²) in [4.78, 5) is 24.0. The molecule has 1 aromatic rings. The topological polar surface area (TPSA) is 43.4 Å². The molecule has 1 saturated heterocycles. The van der Waals surface area contributed by atoms with Gasteiger partial charge in [0.1, 0.15) is 0 Å². The Kier molecular flexibility index (Phi) is 3.36. The van der Waals surface area contributed by atoms with Crippen LogP contribution in [0.15, 0.2) is 30.3 Å². The lowest BCUT2D eigenvalue weighted by Crippen LogP contribution is -2.26. The van der Waals surface area contributed by atoms with E-state index >= 15 is 0 Å². The maximum absolute atomic E-state index is 12.0. The maximum Gasteiger partial charge on any atom is 0.321 e. The molecule has 19 heavy (non-hydrogen) atoms. The second kappa shape index (κ2) is 5.16. The highest BCUT2D eigenvalue weighted by molar-refractivity contribution is 5.99. The van der Waals surface area contributed by atoms with Gasteiger partial charge in [0.25, 0.3) is 0 Å². The van der Waals surface area contributed by atoms with Crippen molar-refractivity contribution in [2.24, 2.45) is 11.8 Å². The Labute approximate surface area is 113 Å². The third kappa shape index (κ3) is 2.29. The summed E-state index contributed by atoms with van der Waals surface area (Å²) in [6.45, 7) is 0. The van der Waals surface area contributed by atoms with Crippen molar-refractivity contribution < 1.29 is 14.3 Å². The van der Waals surface area contributed by atoms with Crippen LogP contribution in [0.25, 0.3) is 0 Å². The Morgan fingerprint density at radius 2 is 1.58 bits per heavy atom. The van der Waals surface area contributed by atoms with Crippen LogP contribution in [0.1, 0.15) is 43.6 Å². The first-order valence-corrected chi connectivity index (χ1v) is 7.08. The molecule has 1 saturated carbocycles. The Balaban J connectivity index is 1.91. The first kappa shape index (κ1) is 12.4. The van der Waals surface area contributed by atoms with Crippen molar-refractivity contribution in [3.8, 4) is 0 Å². The molecule has 3 heteroatoms. The van der Waals surface area contributed by atoms with Gasteiger partial charge in [-0.15, -0.1) is 0 Å². The zero-order valence-corrected chi connectivity index (χ0v) is 10.9. The molecule has 2 atom stereocenters. The maximum atomic E-state index is 12.0. The van der Waals surface area contributed by atoms with Crippen LogP contribution < -0.4 is 0 Å². The average Bonchev–Trinajstić information content (AvgIpc) is 2.75. The molecule has 1 heterocycles. The molecular weight excluding hydrogens is 240 g/mol. The molecule has 100 valence electrons. The SMILES string of the molecule is O=C1OC(=O)[C@@H](C2CCCCC2)[C@H]1c1ccccc1. The van der Waals surface area contributed by atoms with Crippen LogP contribution in [-0.2, 0) is 14.3 Å². The number of rotatable bonds is 2. The van der Waals surface area contributed by atoms with Crippen LogP contribution in [0, 0.1) is 11.8 Å². The Morgan fingerprint density at radius 3 is 2.26 bits per heavy atom. The van der Waals surface area contributed by atoms with E-state index in [1.165, 1.54) is 6.42 Å². The predicted octanol–water partition coefficient (Wildman–Crippen LogP) is 3.05. The second-order valence-electron chi connectivity index (χ2n) is 5.55. The summed E-state index contributed by atoms with van der Waals surface area (Å²) < 4.78 is 4.92. The number of ether oxygens (including phenoxy) is 1. The molecule has 0 aromatic heterocycles. The fourth-order valence-electron chi connectivity index (χ4n) is 3.48. The van der Waals surface area contributed by atoms with Crippen molar-refractivity contribution in [3.05, 3.63) is 35.9 Å². The standard InChI is InChI=1S/C16H18O3/c17-15-13(11-7-3-1-4-8-11)14(16(18)19-15)12-9-5-2-6-10-12/h1,3-4,7-8,12-14H,2,5-6,9-10H2/t13-,14+/m1/s1. The van der Waals surface area contributed by atoms with E-state index < -0.39 is 5.92 Å². The molecule has 1 aliphatic carbocycles. The van der Waals surface area contributed by atoms with Crippen LogP contribution in [0.5, 0.6) is 0 Å². The number of benzene rings is 1. The number of hydrogen-bond donors (Lipinski definition) is 0. The minimum Gasteiger partial charge on any atom is -0.392 e. The first-order valence-electron chi connectivity index (χ1n) is 7.08. The summed E-state index contributed by atoms with van der Waals surface area (Å²) >= 11 is 0. The van der Waals surface area contributed by atoms with Gasteiger partial charge >= 0.3 is 11.9 Å². The van der Waals surface area contributed by atoms with Crippen LogP contribution >= 0.6 is 0 Å². The molecule has 0 bridgehead atoms. The normalized spacial score (nSPS) is 28.4. The van der Waals surface area contributed by atoms with E-state index in [1.54, 1.807) is 0 Å². The van der Waals surface area contributed by atoms with Gasteiger partial charge in [-0.2, -0.15) is 0 Å². The molecule has 0 unspecified atom stereocenters. The Bertz CT molecular complexity index is 474. The van der Waals surface area contributed by atoms with Crippen molar-refractivity contribution in [2.75, 3.05) is 0 Å². The van der Waals surface area contributed by atoms with Gasteiger partial charge in [0.05, 0.1) is 11.8 Å². The third-order valence-corrected chi connectivity index (χ3v) is 4.40. The smallest absolute Gasteiger partial charge is 0.321 e. The molecule has 0 spiro atoms. The molecular formula is C16H18O3. The zero-order valence-electron chi connectivity index (χ0n) is 10.9. The van der Waals surface area contributed by atoms with Crippen LogP contribution in [0.2, 0.25) is 0 Å².